The van der Waals surface area contributed by atoms with Crippen molar-refractivity contribution in [3.63, 3.8) is 0 Å². The molecule has 1 aromatic carbocycles. The average molecular weight is 386 g/mol. The number of nitrogens with zero attached hydrogens (tertiary/aromatic N) is 2. The van der Waals surface area contributed by atoms with Gasteiger partial charge in [0.2, 0.25) is 0 Å². The highest BCUT2D eigenvalue weighted by molar-refractivity contribution is 5.83. The Kier molecular flexibility index (Phi) is 6.73. The smallest absolute Gasteiger partial charge is 0.329 e. The van der Waals surface area contributed by atoms with Gasteiger partial charge in [0.05, 0.1) is 7.11 Å². The normalized spacial score (nSPS) is 21.4. The Labute approximate surface area is 166 Å². The van der Waals surface area contributed by atoms with Gasteiger partial charge < -0.3 is 14.0 Å². The van der Waals surface area contributed by atoms with Crippen molar-refractivity contribution >= 4 is 22.8 Å². The van der Waals surface area contributed by atoms with Gasteiger partial charge in [-0.05, 0) is 42.3 Å². The Balaban J connectivity index is 1.81. The second-order valence-electron chi connectivity index (χ2n) is 7.51. The molecule has 0 saturated carbocycles. The minimum Gasteiger partial charge on any atom is -0.467 e. The zero-order valence-corrected chi connectivity index (χ0v) is 17.0. The molecule has 152 valence electrons. The molecule has 6 nitrogen and oxygen atoms in total. The van der Waals surface area contributed by atoms with Gasteiger partial charge in [-0.15, -0.1) is 0 Å². The third-order valence-corrected chi connectivity index (χ3v) is 5.89. The SMILES string of the molecule is CC[C@@H]1CN(CCOC(C)=O)CC[C@@H]1[C@@H](C(=O)OC)n1ccc2ccccc21. The molecule has 0 radical (unpaired) electrons. The van der Waals surface area contributed by atoms with Crippen LogP contribution in [0, 0.1) is 11.8 Å². The van der Waals surface area contributed by atoms with E-state index in [9.17, 15) is 9.59 Å². The number of para-hydroxylation sites is 1. The van der Waals surface area contributed by atoms with Crippen LogP contribution in [0.4, 0.5) is 0 Å². The molecule has 28 heavy (non-hydrogen) atoms. The third kappa shape index (κ3) is 4.38. The summed E-state index contributed by atoms with van der Waals surface area (Å²) in [6.45, 7) is 6.54. The summed E-state index contributed by atoms with van der Waals surface area (Å²) in [5, 5.41) is 1.13. The minimum absolute atomic E-state index is 0.182. The Morgan fingerprint density at radius 1 is 1.25 bits per heavy atom. The van der Waals surface area contributed by atoms with Crippen LogP contribution in [0.15, 0.2) is 36.5 Å². The van der Waals surface area contributed by atoms with Gasteiger partial charge in [0.1, 0.15) is 12.6 Å². The van der Waals surface area contributed by atoms with Gasteiger partial charge in [-0.3, -0.25) is 9.69 Å². The van der Waals surface area contributed by atoms with Crippen molar-refractivity contribution in [2.45, 2.75) is 32.7 Å². The van der Waals surface area contributed by atoms with Crippen molar-refractivity contribution < 1.29 is 19.1 Å². The highest BCUT2D eigenvalue weighted by atomic mass is 16.5. The van der Waals surface area contributed by atoms with E-state index in [0.29, 0.717) is 12.5 Å². The lowest BCUT2D eigenvalue weighted by molar-refractivity contribution is -0.148. The maximum Gasteiger partial charge on any atom is 0.329 e. The standard InChI is InChI=1S/C22H30N2O4/c1-4-17-15-23(13-14-28-16(2)25)11-10-19(17)21(22(26)27-3)24-12-9-18-7-5-6-8-20(18)24/h5-9,12,17,19,21H,4,10-11,13-15H2,1-3H3/t17-,19+,21+/m1/s1. The first-order valence-electron chi connectivity index (χ1n) is 10.0. The van der Waals surface area contributed by atoms with Crippen LogP contribution < -0.4 is 0 Å². The summed E-state index contributed by atoms with van der Waals surface area (Å²) in [5.74, 6) is 0.153. The molecule has 0 bridgehead atoms. The number of methoxy groups -OCH3 is 1. The fraction of sp³-hybridized carbons (Fsp3) is 0.545. The van der Waals surface area contributed by atoms with Crippen LogP contribution in [0.3, 0.4) is 0 Å². The number of aromatic nitrogens is 1. The predicted octanol–water partition coefficient (Wildman–Crippen LogP) is 3.27. The average Bonchev–Trinajstić information content (AvgIpc) is 3.12. The molecule has 0 aliphatic carbocycles. The topological polar surface area (TPSA) is 60.8 Å². The molecule has 0 amide bonds. The number of benzene rings is 1. The van der Waals surface area contributed by atoms with Crippen molar-refractivity contribution in [3.05, 3.63) is 36.5 Å². The van der Waals surface area contributed by atoms with E-state index in [-0.39, 0.29) is 23.9 Å². The molecule has 1 aliphatic heterocycles. The quantitative estimate of drug-likeness (QED) is 0.684. The first-order chi connectivity index (χ1) is 13.5. The molecular weight excluding hydrogens is 356 g/mol. The van der Waals surface area contributed by atoms with E-state index in [1.807, 2.05) is 18.3 Å². The molecule has 0 N–H and O–H groups in total. The fourth-order valence-corrected chi connectivity index (χ4v) is 4.46. The Morgan fingerprint density at radius 3 is 2.75 bits per heavy atom. The lowest BCUT2D eigenvalue weighted by Crippen LogP contribution is -2.46. The van der Waals surface area contributed by atoms with Gasteiger partial charge in [-0.2, -0.15) is 0 Å². The molecule has 1 saturated heterocycles. The summed E-state index contributed by atoms with van der Waals surface area (Å²) in [4.78, 5) is 26.2. The van der Waals surface area contributed by atoms with Crippen molar-refractivity contribution in [2.24, 2.45) is 11.8 Å². The highest BCUT2D eigenvalue weighted by Gasteiger charge is 2.39. The summed E-state index contributed by atoms with van der Waals surface area (Å²) >= 11 is 0. The summed E-state index contributed by atoms with van der Waals surface area (Å²) in [6.07, 6.45) is 3.90. The molecule has 3 rings (SSSR count). The maximum atomic E-state index is 12.8. The molecule has 3 atom stereocenters. The molecular formula is C22H30N2O4. The van der Waals surface area contributed by atoms with Crippen LogP contribution in [0.1, 0.15) is 32.7 Å². The number of piperidine rings is 1. The van der Waals surface area contributed by atoms with Crippen LogP contribution in [0.25, 0.3) is 10.9 Å². The third-order valence-electron chi connectivity index (χ3n) is 5.89. The van der Waals surface area contributed by atoms with Crippen LogP contribution in [-0.4, -0.2) is 54.8 Å². The number of ether oxygens (including phenoxy) is 2. The number of rotatable bonds is 7. The Hall–Kier alpha value is -2.34. The molecule has 0 spiro atoms. The minimum atomic E-state index is -0.328. The molecule has 2 heterocycles. The van der Waals surface area contributed by atoms with Crippen molar-refractivity contribution in [1.29, 1.82) is 0 Å². The van der Waals surface area contributed by atoms with E-state index in [1.165, 1.54) is 14.0 Å². The van der Waals surface area contributed by atoms with Crippen LogP contribution >= 0.6 is 0 Å². The summed E-state index contributed by atoms with van der Waals surface area (Å²) in [6, 6.07) is 9.86. The molecule has 2 aromatic rings. The molecule has 1 fully saturated rings. The van der Waals surface area contributed by atoms with Gasteiger partial charge in [0.25, 0.3) is 0 Å². The Morgan fingerprint density at radius 2 is 2.04 bits per heavy atom. The van der Waals surface area contributed by atoms with Crippen LogP contribution in [-0.2, 0) is 19.1 Å². The molecule has 0 unspecified atom stereocenters. The summed E-state index contributed by atoms with van der Waals surface area (Å²) < 4.78 is 12.4. The van der Waals surface area contributed by atoms with Crippen molar-refractivity contribution in [2.75, 3.05) is 33.4 Å². The van der Waals surface area contributed by atoms with E-state index in [1.54, 1.807) is 0 Å². The van der Waals surface area contributed by atoms with E-state index in [2.05, 4.69) is 34.6 Å². The summed E-state index contributed by atoms with van der Waals surface area (Å²) in [5.41, 5.74) is 1.06. The maximum absolute atomic E-state index is 12.8. The predicted molar refractivity (Wildman–Crippen MR) is 108 cm³/mol. The summed E-state index contributed by atoms with van der Waals surface area (Å²) in [7, 11) is 1.47. The second kappa shape index (κ2) is 9.24. The van der Waals surface area contributed by atoms with Crippen LogP contribution in [0.2, 0.25) is 0 Å². The largest absolute Gasteiger partial charge is 0.467 e. The fourth-order valence-electron chi connectivity index (χ4n) is 4.46. The number of fused-ring (bicyclic) bond motifs is 1. The lowest BCUT2D eigenvalue weighted by Gasteiger charge is -2.41. The van der Waals surface area contributed by atoms with Gasteiger partial charge >= 0.3 is 11.9 Å². The van der Waals surface area contributed by atoms with Gasteiger partial charge in [-0.25, -0.2) is 4.79 Å². The number of esters is 2. The van der Waals surface area contributed by atoms with E-state index in [0.717, 1.165) is 43.4 Å². The molecule has 1 aliphatic rings. The first-order valence-corrected chi connectivity index (χ1v) is 10.0. The molecule has 1 aromatic heterocycles. The highest BCUT2D eigenvalue weighted by Crippen LogP contribution is 2.37. The number of likely N-dealkylation sites (tertiary alicyclic amines) is 1. The zero-order valence-electron chi connectivity index (χ0n) is 17.0. The van der Waals surface area contributed by atoms with Crippen molar-refractivity contribution in [3.8, 4) is 0 Å². The van der Waals surface area contributed by atoms with E-state index >= 15 is 0 Å². The first kappa shape index (κ1) is 20.4. The van der Waals surface area contributed by atoms with Gasteiger partial charge in [0.15, 0.2) is 0 Å². The second-order valence-corrected chi connectivity index (χ2v) is 7.51. The number of hydrogen-bond donors (Lipinski definition) is 0. The number of hydrogen-bond acceptors (Lipinski definition) is 5. The van der Waals surface area contributed by atoms with Crippen LogP contribution in [0.5, 0.6) is 0 Å². The molecule has 6 heteroatoms. The monoisotopic (exact) mass is 386 g/mol. The lowest BCUT2D eigenvalue weighted by atomic mass is 9.78. The van der Waals surface area contributed by atoms with E-state index < -0.39 is 0 Å². The zero-order chi connectivity index (χ0) is 20.1. The van der Waals surface area contributed by atoms with Crippen molar-refractivity contribution in [1.82, 2.24) is 9.47 Å². The van der Waals surface area contributed by atoms with Gasteiger partial charge in [0, 0.05) is 31.7 Å². The number of carbonyl (C=O) groups excluding carboxylic acids is 2. The number of carbonyl (C=O) groups is 2. The van der Waals surface area contributed by atoms with Gasteiger partial charge in [-0.1, -0.05) is 31.5 Å². The van der Waals surface area contributed by atoms with E-state index in [4.69, 9.17) is 9.47 Å². The Bertz CT molecular complexity index is 816.